The summed E-state index contributed by atoms with van der Waals surface area (Å²) in [5.41, 5.74) is 6.72. The Kier molecular flexibility index (Phi) is 3.58. The van der Waals surface area contributed by atoms with Crippen molar-refractivity contribution in [3.8, 4) is 0 Å². The van der Waals surface area contributed by atoms with Gasteiger partial charge in [-0.15, -0.1) is 11.3 Å². The first kappa shape index (κ1) is 13.6. The number of carbonyl (C=O) groups excluding carboxylic acids is 1. The van der Waals surface area contributed by atoms with Gasteiger partial charge in [0.2, 0.25) is 5.91 Å². The van der Waals surface area contributed by atoms with E-state index in [4.69, 9.17) is 5.73 Å². The lowest BCUT2D eigenvalue weighted by molar-refractivity contribution is 0.1000. The molecule has 2 aromatic carbocycles. The molecule has 106 valence electrons. The molecule has 0 radical (unpaired) electrons. The quantitative estimate of drug-likeness (QED) is 0.771. The molecule has 0 spiro atoms. The van der Waals surface area contributed by atoms with Crippen LogP contribution in [-0.2, 0) is 6.54 Å². The number of amides is 1. The minimum atomic E-state index is -0.628. The van der Waals surface area contributed by atoms with Crippen molar-refractivity contribution in [1.29, 1.82) is 0 Å². The molecule has 5 heteroatoms. The third-order valence-electron chi connectivity index (χ3n) is 3.27. The smallest absolute Gasteiger partial charge is 0.248 e. The van der Waals surface area contributed by atoms with Crippen LogP contribution in [0.2, 0.25) is 0 Å². The maximum absolute atomic E-state index is 13.9. The number of nitrogens with two attached hydrogens (primary N) is 1. The molecule has 0 saturated heterocycles. The number of rotatable bonds is 4. The summed E-state index contributed by atoms with van der Waals surface area (Å²) in [5.74, 6) is -1.06. The Morgan fingerprint density at radius 2 is 2.05 bits per heavy atom. The number of carbonyl (C=O) groups is 1. The molecule has 0 saturated carbocycles. The van der Waals surface area contributed by atoms with Gasteiger partial charge < -0.3 is 11.1 Å². The van der Waals surface area contributed by atoms with Crippen molar-refractivity contribution in [2.24, 2.45) is 5.73 Å². The van der Waals surface area contributed by atoms with Gasteiger partial charge >= 0.3 is 0 Å². The number of anilines is 1. The molecule has 0 fully saturated rings. The van der Waals surface area contributed by atoms with E-state index in [2.05, 4.69) is 5.32 Å². The molecule has 3 nitrogen and oxygen atoms in total. The number of halogens is 1. The Morgan fingerprint density at radius 1 is 1.19 bits per heavy atom. The Morgan fingerprint density at radius 3 is 2.81 bits per heavy atom. The van der Waals surface area contributed by atoms with E-state index in [0.29, 0.717) is 12.1 Å². The second kappa shape index (κ2) is 5.54. The third kappa shape index (κ3) is 2.87. The van der Waals surface area contributed by atoms with Gasteiger partial charge in [0.1, 0.15) is 5.82 Å². The minimum Gasteiger partial charge on any atom is -0.381 e. The van der Waals surface area contributed by atoms with Crippen LogP contribution >= 0.6 is 11.3 Å². The molecule has 0 aliphatic rings. The predicted octanol–water partition coefficient (Wildman–Crippen LogP) is 3.75. The highest BCUT2D eigenvalue weighted by atomic mass is 32.1. The van der Waals surface area contributed by atoms with Crippen molar-refractivity contribution < 1.29 is 9.18 Å². The summed E-state index contributed by atoms with van der Waals surface area (Å²) in [5, 5.41) is 6.38. The van der Waals surface area contributed by atoms with Gasteiger partial charge in [0.25, 0.3) is 0 Å². The molecule has 1 amide bonds. The highest BCUT2D eigenvalue weighted by molar-refractivity contribution is 7.17. The first-order valence-corrected chi connectivity index (χ1v) is 7.31. The Labute approximate surface area is 125 Å². The molecule has 21 heavy (non-hydrogen) atoms. The number of thiophene rings is 1. The number of hydrogen-bond acceptors (Lipinski definition) is 3. The van der Waals surface area contributed by atoms with Crippen LogP contribution < -0.4 is 11.1 Å². The summed E-state index contributed by atoms with van der Waals surface area (Å²) in [6.45, 7) is 0.348. The van der Waals surface area contributed by atoms with Crippen LogP contribution in [0.25, 0.3) is 10.1 Å². The maximum Gasteiger partial charge on any atom is 0.248 e. The van der Waals surface area contributed by atoms with Crippen LogP contribution in [0.15, 0.2) is 47.8 Å². The minimum absolute atomic E-state index is 0.177. The molecule has 0 atom stereocenters. The van der Waals surface area contributed by atoms with E-state index in [1.54, 1.807) is 17.4 Å². The molecular weight excluding hydrogens is 287 g/mol. The summed E-state index contributed by atoms with van der Waals surface area (Å²) >= 11 is 1.69. The summed E-state index contributed by atoms with van der Waals surface area (Å²) in [6.07, 6.45) is 0. The van der Waals surface area contributed by atoms with Crippen molar-refractivity contribution in [3.05, 3.63) is 64.8 Å². The van der Waals surface area contributed by atoms with Gasteiger partial charge in [-0.05, 0) is 47.2 Å². The molecule has 0 aliphatic carbocycles. The van der Waals surface area contributed by atoms with E-state index < -0.39 is 11.7 Å². The van der Waals surface area contributed by atoms with Crippen LogP contribution in [0.1, 0.15) is 15.9 Å². The van der Waals surface area contributed by atoms with E-state index in [1.165, 1.54) is 16.8 Å². The second-order valence-electron chi connectivity index (χ2n) is 4.70. The fraction of sp³-hybridized carbons (Fsp3) is 0.0625. The van der Waals surface area contributed by atoms with E-state index in [9.17, 15) is 9.18 Å². The zero-order valence-electron chi connectivity index (χ0n) is 11.1. The van der Waals surface area contributed by atoms with E-state index in [1.807, 2.05) is 29.6 Å². The van der Waals surface area contributed by atoms with Crippen molar-refractivity contribution >= 4 is 33.0 Å². The monoisotopic (exact) mass is 300 g/mol. The summed E-state index contributed by atoms with van der Waals surface area (Å²) in [6, 6.07) is 12.4. The van der Waals surface area contributed by atoms with Crippen molar-refractivity contribution in [2.45, 2.75) is 6.54 Å². The maximum atomic E-state index is 13.9. The standard InChI is InChI=1S/C16H13FN2OS/c17-14-8-11(16(18)20)1-2-12(14)9-19-13-3-4-15-10(7-13)5-6-21-15/h1-8,19H,9H2,(H2,18,20). The van der Waals surface area contributed by atoms with Crippen LogP contribution in [0.4, 0.5) is 10.1 Å². The third-order valence-corrected chi connectivity index (χ3v) is 4.17. The van der Waals surface area contributed by atoms with Gasteiger partial charge in [0.05, 0.1) is 0 Å². The van der Waals surface area contributed by atoms with Crippen LogP contribution in [0.5, 0.6) is 0 Å². The van der Waals surface area contributed by atoms with Gasteiger partial charge in [-0.2, -0.15) is 0 Å². The second-order valence-corrected chi connectivity index (χ2v) is 5.64. The van der Waals surface area contributed by atoms with Crippen LogP contribution in [0, 0.1) is 5.82 Å². The van der Waals surface area contributed by atoms with E-state index >= 15 is 0 Å². The lowest BCUT2D eigenvalue weighted by Gasteiger charge is -2.08. The lowest BCUT2D eigenvalue weighted by atomic mass is 10.1. The normalized spacial score (nSPS) is 10.7. The van der Waals surface area contributed by atoms with Gasteiger partial charge in [0, 0.05) is 28.1 Å². The fourth-order valence-corrected chi connectivity index (χ4v) is 2.89. The zero-order valence-corrected chi connectivity index (χ0v) is 11.9. The SMILES string of the molecule is NC(=O)c1ccc(CNc2ccc3sccc3c2)c(F)c1. The molecule has 0 bridgehead atoms. The largest absolute Gasteiger partial charge is 0.381 e. The Balaban J connectivity index is 1.76. The average Bonchev–Trinajstić information content (AvgIpc) is 2.93. The van der Waals surface area contributed by atoms with Gasteiger partial charge in [-0.25, -0.2) is 4.39 Å². The van der Waals surface area contributed by atoms with E-state index in [-0.39, 0.29) is 5.56 Å². The number of primary amides is 1. The predicted molar refractivity (Wildman–Crippen MR) is 84.1 cm³/mol. The number of fused-ring (bicyclic) bond motifs is 1. The van der Waals surface area contributed by atoms with Crippen molar-refractivity contribution in [1.82, 2.24) is 0 Å². The highest BCUT2D eigenvalue weighted by Crippen LogP contribution is 2.24. The lowest BCUT2D eigenvalue weighted by Crippen LogP contribution is -2.12. The van der Waals surface area contributed by atoms with Crippen LogP contribution in [-0.4, -0.2) is 5.91 Å². The number of nitrogens with one attached hydrogen (secondary N) is 1. The molecule has 0 unspecified atom stereocenters. The Bertz CT molecular complexity index is 813. The van der Waals surface area contributed by atoms with Gasteiger partial charge in [0.15, 0.2) is 0 Å². The Hall–Kier alpha value is -2.40. The first-order valence-electron chi connectivity index (χ1n) is 6.43. The van der Waals surface area contributed by atoms with Gasteiger partial charge in [-0.3, -0.25) is 4.79 Å². The molecular formula is C16H13FN2OS. The molecule has 3 N–H and O–H groups in total. The topological polar surface area (TPSA) is 55.1 Å². The number of hydrogen-bond donors (Lipinski definition) is 2. The molecule has 1 heterocycles. The highest BCUT2D eigenvalue weighted by Gasteiger charge is 2.07. The van der Waals surface area contributed by atoms with E-state index in [0.717, 1.165) is 11.1 Å². The average molecular weight is 300 g/mol. The molecule has 1 aromatic heterocycles. The molecule has 3 aromatic rings. The fourth-order valence-electron chi connectivity index (χ4n) is 2.12. The number of benzene rings is 2. The summed E-state index contributed by atoms with van der Waals surface area (Å²) in [4.78, 5) is 11.0. The molecule has 0 aliphatic heterocycles. The van der Waals surface area contributed by atoms with Gasteiger partial charge in [-0.1, -0.05) is 6.07 Å². The zero-order chi connectivity index (χ0) is 14.8. The summed E-state index contributed by atoms with van der Waals surface area (Å²) in [7, 11) is 0. The van der Waals surface area contributed by atoms with Crippen molar-refractivity contribution in [3.63, 3.8) is 0 Å². The first-order chi connectivity index (χ1) is 10.1. The van der Waals surface area contributed by atoms with Crippen LogP contribution in [0.3, 0.4) is 0 Å². The molecule has 3 rings (SSSR count). The van der Waals surface area contributed by atoms with Crippen molar-refractivity contribution in [2.75, 3.05) is 5.32 Å². The summed E-state index contributed by atoms with van der Waals surface area (Å²) < 4.78 is 15.1.